The Labute approximate surface area is 108 Å². The third-order valence-electron chi connectivity index (χ3n) is 3.75. The minimum absolute atomic E-state index is 0.871. The molecule has 1 aliphatic heterocycles. The Morgan fingerprint density at radius 3 is 2.61 bits per heavy atom. The molecule has 1 aliphatic rings. The van der Waals surface area contributed by atoms with Crippen molar-refractivity contribution in [1.82, 2.24) is 0 Å². The van der Waals surface area contributed by atoms with E-state index in [0.717, 1.165) is 30.8 Å². The molecule has 92 valence electrons. The molecule has 0 fully saturated rings. The Morgan fingerprint density at radius 1 is 1.06 bits per heavy atom. The lowest BCUT2D eigenvalue weighted by Gasteiger charge is -2.31. The maximum atomic E-state index is 5.88. The van der Waals surface area contributed by atoms with Crippen LogP contribution in [0.25, 0.3) is 0 Å². The normalized spacial score (nSPS) is 14.4. The Kier molecular flexibility index (Phi) is 2.71. The van der Waals surface area contributed by atoms with Gasteiger partial charge >= 0.3 is 0 Å². The van der Waals surface area contributed by atoms with E-state index in [1.165, 1.54) is 16.8 Å². The van der Waals surface area contributed by atoms with E-state index < -0.39 is 0 Å². The Hall–Kier alpha value is -1.96. The average molecular weight is 238 g/mol. The van der Waals surface area contributed by atoms with Crippen LogP contribution in [0, 0.1) is 6.92 Å². The predicted octanol–water partition coefficient (Wildman–Crippen LogP) is 3.14. The molecule has 0 atom stereocenters. The van der Waals surface area contributed by atoms with E-state index >= 15 is 0 Å². The molecular weight excluding hydrogens is 220 g/mol. The zero-order valence-electron chi connectivity index (χ0n) is 10.7. The monoisotopic (exact) mass is 238 g/mol. The highest BCUT2D eigenvalue weighted by atomic mass is 15.1. The molecular formula is C16H18N2. The number of aryl methyl sites for hydroxylation is 1. The highest BCUT2D eigenvalue weighted by molar-refractivity contribution is 5.59. The molecule has 0 aromatic heterocycles. The lowest BCUT2D eigenvalue weighted by atomic mass is 9.99. The Morgan fingerprint density at radius 2 is 1.83 bits per heavy atom. The number of hydrogen-bond donors (Lipinski definition) is 1. The average Bonchev–Trinajstić information content (AvgIpc) is 2.41. The molecule has 0 unspecified atom stereocenters. The molecule has 0 aliphatic carbocycles. The third-order valence-corrected chi connectivity index (χ3v) is 3.75. The molecule has 2 aromatic rings. The highest BCUT2D eigenvalue weighted by Crippen LogP contribution is 2.26. The lowest BCUT2D eigenvalue weighted by molar-refractivity contribution is 0.731. The maximum Gasteiger partial charge on any atom is 0.0432 e. The molecule has 3 rings (SSSR count). The van der Waals surface area contributed by atoms with Crippen LogP contribution in [0.5, 0.6) is 0 Å². The zero-order chi connectivity index (χ0) is 12.5. The van der Waals surface area contributed by atoms with Gasteiger partial charge in [0, 0.05) is 24.5 Å². The molecule has 0 bridgehead atoms. The van der Waals surface area contributed by atoms with Crippen LogP contribution < -0.4 is 10.6 Å². The first-order chi connectivity index (χ1) is 8.74. The number of hydrogen-bond acceptors (Lipinski definition) is 2. The van der Waals surface area contributed by atoms with Crippen molar-refractivity contribution in [3.8, 4) is 0 Å². The van der Waals surface area contributed by atoms with E-state index in [1.807, 2.05) is 6.07 Å². The number of nitrogen functional groups attached to an aromatic ring is 1. The smallest absolute Gasteiger partial charge is 0.0432 e. The summed E-state index contributed by atoms with van der Waals surface area (Å²) in [6.07, 6.45) is 1.12. The third kappa shape index (κ3) is 1.94. The van der Waals surface area contributed by atoms with Crippen molar-refractivity contribution in [2.45, 2.75) is 19.9 Å². The van der Waals surface area contributed by atoms with Gasteiger partial charge in [0.1, 0.15) is 0 Å². The second kappa shape index (κ2) is 4.37. The molecule has 2 aromatic carbocycles. The minimum atomic E-state index is 0.871. The fourth-order valence-electron chi connectivity index (χ4n) is 2.57. The molecule has 18 heavy (non-hydrogen) atoms. The van der Waals surface area contributed by atoms with Gasteiger partial charge in [-0.05, 0) is 48.2 Å². The van der Waals surface area contributed by atoms with E-state index in [9.17, 15) is 0 Å². The predicted molar refractivity (Wildman–Crippen MR) is 76.8 cm³/mol. The van der Waals surface area contributed by atoms with Crippen molar-refractivity contribution >= 4 is 11.4 Å². The zero-order valence-corrected chi connectivity index (χ0v) is 10.7. The van der Waals surface area contributed by atoms with Crippen LogP contribution in [0.1, 0.15) is 16.7 Å². The van der Waals surface area contributed by atoms with E-state index in [-0.39, 0.29) is 0 Å². The van der Waals surface area contributed by atoms with Gasteiger partial charge in [-0.1, -0.05) is 24.3 Å². The molecule has 0 radical (unpaired) electrons. The summed E-state index contributed by atoms with van der Waals surface area (Å²) in [5.74, 6) is 0. The van der Waals surface area contributed by atoms with Crippen molar-refractivity contribution in [1.29, 1.82) is 0 Å². The van der Waals surface area contributed by atoms with Crippen molar-refractivity contribution in [2.75, 3.05) is 17.2 Å². The fraction of sp³-hybridized carbons (Fsp3) is 0.250. The van der Waals surface area contributed by atoms with E-state index in [0.29, 0.717) is 0 Å². The molecule has 2 N–H and O–H groups in total. The Bertz CT molecular complexity index is 575. The SMILES string of the molecule is Cc1cc(N2CCc3ccccc3C2)ccc1N. The highest BCUT2D eigenvalue weighted by Gasteiger charge is 2.16. The van der Waals surface area contributed by atoms with Gasteiger partial charge in [-0.25, -0.2) is 0 Å². The van der Waals surface area contributed by atoms with E-state index in [2.05, 4.69) is 48.2 Å². The van der Waals surface area contributed by atoms with Gasteiger partial charge in [-0.15, -0.1) is 0 Å². The first-order valence-corrected chi connectivity index (χ1v) is 6.42. The van der Waals surface area contributed by atoms with E-state index in [4.69, 9.17) is 5.73 Å². The van der Waals surface area contributed by atoms with Gasteiger partial charge in [-0.3, -0.25) is 0 Å². The number of benzene rings is 2. The molecule has 2 nitrogen and oxygen atoms in total. The molecule has 2 heteroatoms. The van der Waals surface area contributed by atoms with Crippen LogP contribution in [0.15, 0.2) is 42.5 Å². The van der Waals surface area contributed by atoms with Gasteiger partial charge in [0.15, 0.2) is 0 Å². The van der Waals surface area contributed by atoms with Crippen molar-refractivity contribution in [2.24, 2.45) is 0 Å². The van der Waals surface area contributed by atoms with Gasteiger partial charge in [-0.2, -0.15) is 0 Å². The minimum Gasteiger partial charge on any atom is -0.399 e. The summed E-state index contributed by atoms with van der Waals surface area (Å²) in [4.78, 5) is 2.43. The standard InChI is InChI=1S/C16H18N2/c1-12-10-15(6-7-16(12)17)18-9-8-13-4-2-3-5-14(13)11-18/h2-7,10H,8-9,11,17H2,1H3. The van der Waals surface area contributed by atoms with Gasteiger partial charge in [0.05, 0.1) is 0 Å². The molecule has 0 saturated heterocycles. The number of nitrogens with two attached hydrogens (primary N) is 1. The quantitative estimate of drug-likeness (QED) is 0.773. The molecule has 0 saturated carbocycles. The largest absolute Gasteiger partial charge is 0.399 e. The molecule has 0 spiro atoms. The summed E-state index contributed by atoms with van der Waals surface area (Å²) in [7, 11) is 0. The fourth-order valence-corrected chi connectivity index (χ4v) is 2.57. The summed E-state index contributed by atoms with van der Waals surface area (Å²) in [6.45, 7) is 4.15. The summed E-state index contributed by atoms with van der Waals surface area (Å²) < 4.78 is 0. The summed E-state index contributed by atoms with van der Waals surface area (Å²) in [6, 6.07) is 15.0. The number of fused-ring (bicyclic) bond motifs is 1. The van der Waals surface area contributed by atoms with Gasteiger partial charge in [0.2, 0.25) is 0 Å². The number of nitrogens with zero attached hydrogens (tertiary/aromatic N) is 1. The first-order valence-electron chi connectivity index (χ1n) is 6.42. The summed E-state index contributed by atoms with van der Waals surface area (Å²) in [5, 5.41) is 0. The van der Waals surface area contributed by atoms with Crippen LogP contribution in [0.4, 0.5) is 11.4 Å². The van der Waals surface area contributed by atoms with Gasteiger partial charge in [0.25, 0.3) is 0 Å². The van der Waals surface area contributed by atoms with Crippen molar-refractivity contribution in [3.05, 3.63) is 59.2 Å². The molecule has 1 heterocycles. The lowest BCUT2D eigenvalue weighted by Crippen LogP contribution is -2.30. The van der Waals surface area contributed by atoms with Crippen LogP contribution in [0.3, 0.4) is 0 Å². The topological polar surface area (TPSA) is 29.3 Å². The van der Waals surface area contributed by atoms with Crippen LogP contribution in [-0.4, -0.2) is 6.54 Å². The summed E-state index contributed by atoms with van der Waals surface area (Å²) >= 11 is 0. The number of anilines is 2. The second-order valence-electron chi connectivity index (χ2n) is 4.98. The van der Waals surface area contributed by atoms with Crippen LogP contribution in [0.2, 0.25) is 0 Å². The molecule has 0 amide bonds. The van der Waals surface area contributed by atoms with Crippen molar-refractivity contribution in [3.63, 3.8) is 0 Å². The van der Waals surface area contributed by atoms with Crippen molar-refractivity contribution < 1.29 is 0 Å². The second-order valence-corrected chi connectivity index (χ2v) is 4.98. The van der Waals surface area contributed by atoms with Crippen LogP contribution >= 0.6 is 0 Å². The first kappa shape index (κ1) is 11.1. The van der Waals surface area contributed by atoms with E-state index in [1.54, 1.807) is 0 Å². The summed E-state index contributed by atoms with van der Waals surface area (Å²) in [5.41, 5.74) is 12.1. The maximum absolute atomic E-state index is 5.88. The number of rotatable bonds is 1. The van der Waals surface area contributed by atoms with Gasteiger partial charge < -0.3 is 10.6 Å². The van der Waals surface area contributed by atoms with Crippen LogP contribution in [-0.2, 0) is 13.0 Å². The Balaban J connectivity index is 1.89.